The van der Waals surface area contributed by atoms with E-state index < -0.39 is 11.9 Å². The van der Waals surface area contributed by atoms with Crippen LogP contribution < -0.4 is 0 Å². The van der Waals surface area contributed by atoms with Gasteiger partial charge in [0.2, 0.25) is 0 Å². The Hall–Kier alpha value is -1.50. The lowest BCUT2D eigenvalue weighted by Gasteiger charge is -2.11. The number of likely N-dealkylation sites (N-methyl/N-ethyl adjacent to an activating group) is 1. The van der Waals surface area contributed by atoms with Crippen molar-refractivity contribution in [1.82, 2.24) is 4.90 Å². The lowest BCUT2D eigenvalue weighted by molar-refractivity contribution is -0.158. The molecule has 0 atom stereocenters. The van der Waals surface area contributed by atoms with E-state index in [2.05, 4.69) is 10.7 Å². The SMILES string of the molecule is C#CCN(C)C(=O)C(=O)OCC. The minimum atomic E-state index is -0.866. The van der Waals surface area contributed by atoms with Crippen LogP contribution in [0.3, 0.4) is 0 Å². The largest absolute Gasteiger partial charge is 0.459 e. The molecular formula is C8H11NO3. The molecule has 0 saturated carbocycles. The molecule has 4 heteroatoms. The predicted octanol–water partition coefficient (Wildman–Crippen LogP) is -0.359. The zero-order valence-electron chi connectivity index (χ0n) is 7.16. The van der Waals surface area contributed by atoms with Crippen LogP contribution in [0.5, 0.6) is 0 Å². The molecule has 0 aromatic rings. The Morgan fingerprint density at radius 3 is 2.58 bits per heavy atom. The first-order valence-corrected chi connectivity index (χ1v) is 3.49. The highest BCUT2D eigenvalue weighted by Crippen LogP contribution is 1.87. The van der Waals surface area contributed by atoms with Gasteiger partial charge in [-0.05, 0) is 6.92 Å². The lowest BCUT2D eigenvalue weighted by Crippen LogP contribution is -2.34. The number of amides is 1. The molecule has 1 amide bonds. The van der Waals surface area contributed by atoms with Crippen LogP contribution in [-0.2, 0) is 14.3 Å². The predicted molar refractivity (Wildman–Crippen MR) is 43.1 cm³/mol. The van der Waals surface area contributed by atoms with Crippen LogP contribution in [-0.4, -0.2) is 37.0 Å². The number of rotatable bonds is 2. The molecule has 66 valence electrons. The number of carbonyl (C=O) groups is 2. The highest BCUT2D eigenvalue weighted by atomic mass is 16.5. The van der Waals surface area contributed by atoms with E-state index >= 15 is 0 Å². The van der Waals surface area contributed by atoms with Gasteiger partial charge in [0.25, 0.3) is 0 Å². The second kappa shape index (κ2) is 5.19. The molecular weight excluding hydrogens is 158 g/mol. The maximum atomic E-state index is 11.0. The third kappa shape index (κ3) is 3.06. The van der Waals surface area contributed by atoms with E-state index in [0.29, 0.717) is 0 Å². The standard InChI is InChI=1S/C8H11NO3/c1-4-6-9(3)7(10)8(11)12-5-2/h1H,5-6H2,2-3H3. The molecule has 4 nitrogen and oxygen atoms in total. The van der Waals surface area contributed by atoms with Crippen molar-refractivity contribution in [3.8, 4) is 12.3 Å². The van der Waals surface area contributed by atoms with Crippen molar-refractivity contribution in [2.24, 2.45) is 0 Å². The summed E-state index contributed by atoms with van der Waals surface area (Å²) < 4.78 is 4.47. The van der Waals surface area contributed by atoms with Crippen molar-refractivity contribution < 1.29 is 14.3 Å². The Kier molecular flexibility index (Phi) is 4.54. The summed E-state index contributed by atoms with van der Waals surface area (Å²) in [6.45, 7) is 1.93. The average Bonchev–Trinajstić information content (AvgIpc) is 2.04. The van der Waals surface area contributed by atoms with Gasteiger partial charge in [0.15, 0.2) is 0 Å². The van der Waals surface area contributed by atoms with E-state index in [4.69, 9.17) is 6.42 Å². The first-order valence-electron chi connectivity index (χ1n) is 3.49. The molecule has 0 aliphatic rings. The summed E-state index contributed by atoms with van der Waals surface area (Å²) in [5.41, 5.74) is 0. The minimum Gasteiger partial charge on any atom is -0.459 e. The summed E-state index contributed by atoms with van der Waals surface area (Å²) >= 11 is 0. The van der Waals surface area contributed by atoms with E-state index in [0.717, 1.165) is 4.90 Å². The maximum absolute atomic E-state index is 11.0. The molecule has 0 aromatic heterocycles. The Morgan fingerprint density at radius 2 is 2.17 bits per heavy atom. The van der Waals surface area contributed by atoms with Crippen molar-refractivity contribution in [2.45, 2.75) is 6.92 Å². The molecule has 0 N–H and O–H groups in total. The van der Waals surface area contributed by atoms with Crippen LogP contribution in [0.2, 0.25) is 0 Å². The highest BCUT2D eigenvalue weighted by Gasteiger charge is 2.18. The first kappa shape index (κ1) is 10.5. The molecule has 0 bridgehead atoms. The number of hydrogen-bond donors (Lipinski definition) is 0. The Labute approximate surface area is 71.5 Å². The Bertz CT molecular complexity index is 217. The summed E-state index contributed by atoms with van der Waals surface area (Å²) in [7, 11) is 1.44. The maximum Gasteiger partial charge on any atom is 0.397 e. The summed E-state index contributed by atoms with van der Waals surface area (Å²) in [6, 6.07) is 0. The Morgan fingerprint density at radius 1 is 1.58 bits per heavy atom. The molecule has 12 heavy (non-hydrogen) atoms. The lowest BCUT2D eigenvalue weighted by atomic mass is 10.5. The molecule has 0 aliphatic carbocycles. The van der Waals surface area contributed by atoms with E-state index in [1.807, 2.05) is 0 Å². The smallest absolute Gasteiger partial charge is 0.397 e. The fourth-order valence-corrected chi connectivity index (χ4v) is 0.557. The van der Waals surface area contributed by atoms with Gasteiger partial charge in [0.1, 0.15) is 0 Å². The summed E-state index contributed by atoms with van der Waals surface area (Å²) in [4.78, 5) is 22.9. The Balaban J connectivity index is 4.02. The van der Waals surface area contributed by atoms with Crippen LogP contribution in [0.25, 0.3) is 0 Å². The molecule has 0 saturated heterocycles. The summed E-state index contributed by atoms with van der Waals surface area (Å²) in [5.74, 6) is 0.664. The van der Waals surface area contributed by atoms with Gasteiger partial charge < -0.3 is 9.64 Å². The third-order valence-electron chi connectivity index (χ3n) is 1.13. The van der Waals surface area contributed by atoms with Crippen LogP contribution in [0.4, 0.5) is 0 Å². The van der Waals surface area contributed by atoms with Crippen LogP contribution >= 0.6 is 0 Å². The van der Waals surface area contributed by atoms with Crippen molar-refractivity contribution in [2.75, 3.05) is 20.2 Å². The summed E-state index contributed by atoms with van der Waals surface area (Å²) in [6.07, 6.45) is 4.95. The number of esters is 1. The van der Waals surface area contributed by atoms with Gasteiger partial charge in [-0.2, -0.15) is 0 Å². The molecule has 0 aromatic carbocycles. The van der Waals surface area contributed by atoms with Crippen molar-refractivity contribution >= 4 is 11.9 Å². The molecule has 0 spiro atoms. The number of terminal acetylenes is 1. The molecule has 0 fully saturated rings. The van der Waals surface area contributed by atoms with Gasteiger partial charge in [-0.3, -0.25) is 4.79 Å². The fraction of sp³-hybridized carbons (Fsp3) is 0.500. The van der Waals surface area contributed by atoms with E-state index in [1.165, 1.54) is 7.05 Å². The highest BCUT2D eigenvalue weighted by molar-refractivity contribution is 6.32. The van der Waals surface area contributed by atoms with Gasteiger partial charge in [-0.15, -0.1) is 6.42 Å². The van der Waals surface area contributed by atoms with E-state index in [-0.39, 0.29) is 13.2 Å². The average molecular weight is 169 g/mol. The van der Waals surface area contributed by atoms with Crippen LogP contribution in [0.1, 0.15) is 6.92 Å². The second-order valence-electron chi connectivity index (χ2n) is 2.09. The number of hydrogen-bond acceptors (Lipinski definition) is 3. The molecule has 0 unspecified atom stereocenters. The van der Waals surface area contributed by atoms with Crippen LogP contribution in [0.15, 0.2) is 0 Å². The molecule has 0 radical (unpaired) electrons. The van der Waals surface area contributed by atoms with Crippen LogP contribution in [0, 0.1) is 12.3 Å². The zero-order valence-corrected chi connectivity index (χ0v) is 7.16. The second-order valence-corrected chi connectivity index (χ2v) is 2.09. The van der Waals surface area contributed by atoms with Crippen molar-refractivity contribution in [1.29, 1.82) is 0 Å². The van der Waals surface area contributed by atoms with Gasteiger partial charge in [0, 0.05) is 7.05 Å². The number of carbonyl (C=O) groups excluding carboxylic acids is 2. The fourth-order valence-electron chi connectivity index (χ4n) is 0.557. The minimum absolute atomic E-state index is 0.109. The quantitative estimate of drug-likeness (QED) is 0.322. The normalized spacial score (nSPS) is 8.42. The van der Waals surface area contributed by atoms with E-state index in [9.17, 15) is 9.59 Å². The van der Waals surface area contributed by atoms with Gasteiger partial charge in [0.05, 0.1) is 13.2 Å². The molecule has 0 heterocycles. The van der Waals surface area contributed by atoms with Gasteiger partial charge in [-0.25, -0.2) is 4.79 Å². The third-order valence-corrected chi connectivity index (χ3v) is 1.13. The number of ether oxygens (including phenoxy) is 1. The first-order chi connectivity index (χ1) is 5.63. The van der Waals surface area contributed by atoms with Gasteiger partial charge >= 0.3 is 11.9 Å². The molecule has 0 rings (SSSR count). The number of nitrogens with zero attached hydrogens (tertiary/aromatic N) is 1. The monoisotopic (exact) mass is 169 g/mol. The van der Waals surface area contributed by atoms with Crippen molar-refractivity contribution in [3.05, 3.63) is 0 Å². The van der Waals surface area contributed by atoms with E-state index in [1.54, 1.807) is 6.92 Å². The summed E-state index contributed by atoms with van der Waals surface area (Å²) in [5, 5.41) is 0. The topological polar surface area (TPSA) is 46.6 Å². The van der Waals surface area contributed by atoms with Gasteiger partial charge in [-0.1, -0.05) is 5.92 Å². The molecule has 0 aliphatic heterocycles. The van der Waals surface area contributed by atoms with Crippen molar-refractivity contribution in [3.63, 3.8) is 0 Å². The zero-order chi connectivity index (χ0) is 9.56.